The third-order valence-electron chi connectivity index (χ3n) is 4.06. The normalized spacial score (nSPS) is 11.2. The van der Waals surface area contributed by atoms with Gasteiger partial charge in [0, 0.05) is 33.6 Å². The number of aromatic amines is 1. The summed E-state index contributed by atoms with van der Waals surface area (Å²) in [5, 5.41) is 14.0. The van der Waals surface area contributed by atoms with E-state index in [-0.39, 0.29) is 17.3 Å². The molecule has 0 saturated heterocycles. The third kappa shape index (κ3) is 4.43. The lowest BCUT2D eigenvalue weighted by Crippen LogP contribution is -2.09. The molecule has 0 aliphatic carbocycles. The Morgan fingerprint density at radius 3 is 2.67 bits per heavy atom. The molecule has 1 aromatic heterocycles. The summed E-state index contributed by atoms with van der Waals surface area (Å²) in [6, 6.07) is 12.6. The topological polar surface area (TPSA) is 94.5 Å². The molecule has 0 spiro atoms. The fourth-order valence-electron chi connectivity index (χ4n) is 2.62. The van der Waals surface area contributed by atoms with Crippen LogP contribution in [0.4, 0.5) is 5.69 Å². The number of benzene rings is 2. The number of aromatic hydroxyl groups is 1. The van der Waals surface area contributed by atoms with Crippen LogP contribution in [-0.4, -0.2) is 22.2 Å². The van der Waals surface area contributed by atoms with E-state index in [0.29, 0.717) is 29.3 Å². The van der Waals surface area contributed by atoms with Gasteiger partial charge in [0.2, 0.25) is 11.8 Å². The van der Waals surface area contributed by atoms with Gasteiger partial charge in [-0.05, 0) is 35.9 Å². The monoisotopic (exact) mass is 427 g/mol. The summed E-state index contributed by atoms with van der Waals surface area (Å²) in [6.07, 6.45) is 1.98. The molecule has 0 bridgehead atoms. The van der Waals surface area contributed by atoms with E-state index in [0.717, 1.165) is 15.7 Å². The standard InChI is InChI=1S/C20H18BrN3O3/c1-2-18(25)23-14-6-3-12(4-7-14)10-22-11-17-16-9-13(21)5-8-15(16)19(26)24-20(17)27/h3-9,11H,2,10H2,1H3,(H,23,25)(H2,24,26,27). The Kier molecular flexibility index (Phi) is 5.71. The Morgan fingerprint density at radius 2 is 1.96 bits per heavy atom. The van der Waals surface area contributed by atoms with Crippen molar-refractivity contribution in [2.45, 2.75) is 19.9 Å². The van der Waals surface area contributed by atoms with Crippen molar-refractivity contribution < 1.29 is 9.90 Å². The van der Waals surface area contributed by atoms with Gasteiger partial charge in [-0.2, -0.15) is 0 Å². The number of hydrogen-bond acceptors (Lipinski definition) is 4. The number of pyridine rings is 1. The van der Waals surface area contributed by atoms with Crippen LogP contribution in [0, 0.1) is 0 Å². The Hall–Kier alpha value is -2.93. The van der Waals surface area contributed by atoms with E-state index in [1.165, 1.54) is 0 Å². The summed E-state index contributed by atoms with van der Waals surface area (Å²) in [5.41, 5.74) is 1.80. The molecule has 7 heteroatoms. The van der Waals surface area contributed by atoms with Gasteiger partial charge < -0.3 is 10.4 Å². The molecule has 0 aliphatic heterocycles. The predicted octanol–water partition coefficient (Wildman–Crippen LogP) is 3.96. The second-order valence-electron chi connectivity index (χ2n) is 5.97. The van der Waals surface area contributed by atoms with E-state index >= 15 is 0 Å². The molecule has 138 valence electrons. The lowest BCUT2D eigenvalue weighted by molar-refractivity contribution is -0.115. The molecule has 0 saturated carbocycles. The van der Waals surface area contributed by atoms with E-state index in [9.17, 15) is 14.7 Å². The number of carbonyl (C=O) groups excluding carboxylic acids is 1. The number of hydrogen-bond donors (Lipinski definition) is 3. The number of anilines is 1. The molecule has 0 radical (unpaired) electrons. The van der Waals surface area contributed by atoms with Gasteiger partial charge in [0.1, 0.15) is 0 Å². The number of aliphatic imine (C=N–C) groups is 1. The van der Waals surface area contributed by atoms with Crippen molar-refractivity contribution in [2.75, 3.05) is 5.32 Å². The van der Waals surface area contributed by atoms with Crippen molar-refractivity contribution in [3.63, 3.8) is 0 Å². The second-order valence-corrected chi connectivity index (χ2v) is 6.89. The molecule has 0 aliphatic rings. The Morgan fingerprint density at radius 1 is 1.22 bits per heavy atom. The summed E-state index contributed by atoms with van der Waals surface area (Å²) in [4.78, 5) is 30.2. The number of H-pyrrole nitrogens is 1. The number of fused-ring (bicyclic) bond motifs is 1. The van der Waals surface area contributed by atoms with Crippen LogP contribution in [0.25, 0.3) is 10.8 Å². The van der Waals surface area contributed by atoms with Gasteiger partial charge in [0.05, 0.1) is 12.1 Å². The number of halogens is 1. The predicted molar refractivity (Wildman–Crippen MR) is 111 cm³/mol. The first-order chi connectivity index (χ1) is 13.0. The molecule has 3 rings (SSSR count). The zero-order chi connectivity index (χ0) is 19.4. The SMILES string of the molecule is CCC(=O)Nc1ccc(CN=Cc2c(O)[nH]c(=O)c3ccc(Br)cc23)cc1. The average Bonchev–Trinajstić information content (AvgIpc) is 2.65. The van der Waals surface area contributed by atoms with Crippen LogP contribution in [0.5, 0.6) is 5.88 Å². The first-order valence-corrected chi connectivity index (χ1v) is 9.20. The maximum absolute atomic E-state index is 12.0. The summed E-state index contributed by atoms with van der Waals surface area (Å²) in [6.45, 7) is 2.20. The van der Waals surface area contributed by atoms with Crippen LogP contribution < -0.4 is 10.9 Å². The lowest BCUT2D eigenvalue weighted by Gasteiger charge is -2.06. The van der Waals surface area contributed by atoms with Crippen LogP contribution in [0.1, 0.15) is 24.5 Å². The van der Waals surface area contributed by atoms with Gasteiger partial charge >= 0.3 is 0 Å². The Labute approximate surface area is 164 Å². The lowest BCUT2D eigenvalue weighted by atomic mass is 10.1. The minimum Gasteiger partial charge on any atom is -0.494 e. The highest BCUT2D eigenvalue weighted by Gasteiger charge is 2.09. The van der Waals surface area contributed by atoms with Crippen LogP contribution in [-0.2, 0) is 11.3 Å². The van der Waals surface area contributed by atoms with Crippen molar-refractivity contribution in [1.29, 1.82) is 0 Å². The zero-order valence-corrected chi connectivity index (χ0v) is 16.2. The molecule has 3 aromatic rings. The maximum Gasteiger partial charge on any atom is 0.258 e. The number of carbonyl (C=O) groups is 1. The number of aromatic nitrogens is 1. The molecule has 27 heavy (non-hydrogen) atoms. The minimum atomic E-state index is -0.350. The quantitative estimate of drug-likeness (QED) is 0.537. The van der Waals surface area contributed by atoms with Crippen LogP contribution in [0.3, 0.4) is 0 Å². The smallest absolute Gasteiger partial charge is 0.258 e. The summed E-state index contributed by atoms with van der Waals surface area (Å²) in [7, 11) is 0. The van der Waals surface area contributed by atoms with Crippen molar-refractivity contribution >= 4 is 44.5 Å². The van der Waals surface area contributed by atoms with Crippen LogP contribution in [0.15, 0.2) is 56.7 Å². The van der Waals surface area contributed by atoms with E-state index in [1.807, 2.05) is 24.3 Å². The van der Waals surface area contributed by atoms with Crippen LogP contribution >= 0.6 is 15.9 Å². The Balaban J connectivity index is 1.82. The molecule has 3 N–H and O–H groups in total. The van der Waals surface area contributed by atoms with Gasteiger partial charge in [-0.15, -0.1) is 0 Å². The molecular weight excluding hydrogens is 410 g/mol. The van der Waals surface area contributed by atoms with E-state index in [2.05, 4.69) is 31.2 Å². The van der Waals surface area contributed by atoms with Crippen molar-refractivity contribution in [1.82, 2.24) is 4.98 Å². The first-order valence-electron chi connectivity index (χ1n) is 8.41. The molecule has 2 aromatic carbocycles. The van der Waals surface area contributed by atoms with Crippen molar-refractivity contribution in [3.8, 4) is 5.88 Å². The molecule has 1 heterocycles. The highest BCUT2D eigenvalue weighted by atomic mass is 79.9. The second kappa shape index (κ2) is 8.18. The zero-order valence-electron chi connectivity index (χ0n) is 14.6. The summed E-state index contributed by atoms with van der Waals surface area (Å²) in [5.74, 6) is -0.251. The highest BCUT2D eigenvalue weighted by Crippen LogP contribution is 2.24. The summed E-state index contributed by atoms with van der Waals surface area (Å²) >= 11 is 3.38. The van der Waals surface area contributed by atoms with Gasteiger partial charge in [-0.3, -0.25) is 19.6 Å². The minimum absolute atomic E-state index is 0.0349. The van der Waals surface area contributed by atoms with E-state index in [1.54, 1.807) is 31.3 Å². The number of rotatable bonds is 5. The fourth-order valence-corrected chi connectivity index (χ4v) is 2.98. The molecule has 1 amide bonds. The molecule has 6 nitrogen and oxygen atoms in total. The molecule has 0 fully saturated rings. The maximum atomic E-state index is 12.0. The van der Waals surface area contributed by atoms with E-state index in [4.69, 9.17) is 0 Å². The van der Waals surface area contributed by atoms with Crippen LogP contribution in [0.2, 0.25) is 0 Å². The van der Waals surface area contributed by atoms with Gasteiger partial charge in [0.15, 0.2) is 0 Å². The largest absolute Gasteiger partial charge is 0.494 e. The average molecular weight is 428 g/mol. The van der Waals surface area contributed by atoms with Crippen molar-refractivity contribution in [2.24, 2.45) is 4.99 Å². The van der Waals surface area contributed by atoms with E-state index < -0.39 is 0 Å². The van der Waals surface area contributed by atoms with Gasteiger partial charge in [-0.1, -0.05) is 35.0 Å². The fraction of sp³-hybridized carbons (Fsp3) is 0.150. The molecule has 0 unspecified atom stereocenters. The first kappa shape index (κ1) is 18.8. The molecular formula is C20H18BrN3O3. The number of nitrogens with zero attached hydrogens (tertiary/aromatic N) is 1. The number of amides is 1. The third-order valence-corrected chi connectivity index (χ3v) is 4.55. The summed E-state index contributed by atoms with van der Waals surface area (Å²) < 4.78 is 0.805. The number of nitrogens with one attached hydrogen (secondary N) is 2. The van der Waals surface area contributed by atoms with Crippen molar-refractivity contribution in [3.05, 3.63) is 68.4 Å². The van der Waals surface area contributed by atoms with Gasteiger partial charge in [-0.25, -0.2) is 0 Å². The molecule has 0 atom stereocenters. The highest BCUT2D eigenvalue weighted by molar-refractivity contribution is 9.10. The Bertz CT molecular complexity index is 1070. The van der Waals surface area contributed by atoms with Gasteiger partial charge in [0.25, 0.3) is 5.56 Å².